The third-order valence-electron chi connectivity index (χ3n) is 6.43. The van der Waals surface area contributed by atoms with Gasteiger partial charge in [-0.05, 0) is 55.7 Å². The van der Waals surface area contributed by atoms with Crippen molar-refractivity contribution in [1.82, 2.24) is 9.88 Å². The van der Waals surface area contributed by atoms with Crippen molar-refractivity contribution in [3.8, 4) is 0 Å². The highest BCUT2D eigenvalue weighted by molar-refractivity contribution is 6.03. The van der Waals surface area contributed by atoms with Gasteiger partial charge in [-0.3, -0.25) is 14.5 Å². The molecule has 0 radical (unpaired) electrons. The Kier molecular flexibility index (Phi) is 4.90. The van der Waals surface area contributed by atoms with E-state index in [9.17, 15) is 9.59 Å². The fourth-order valence-electron chi connectivity index (χ4n) is 4.75. The summed E-state index contributed by atoms with van der Waals surface area (Å²) in [7, 11) is 0. The lowest BCUT2D eigenvalue weighted by Gasteiger charge is -2.36. The number of carbonyl (C=O) groups is 2. The number of hydrogen-bond acceptors (Lipinski definition) is 6. The lowest BCUT2D eigenvalue weighted by atomic mass is 10.1. The zero-order valence-corrected chi connectivity index (χ0v) is 17.3. The van der Waals surface area contributed by atoms with Crippen LogP contribution < -0.4 is 15.1 Å². The van der Waals surface area contributed by atoms with E-state index in [1.807, 2.05) is 30.5 Å². The quantitative estimate of drug-likeness (QED) is 0.789. The Labute approximate surface area is 176 Å². The van der Waals surface area contributed by atoms with E-state index in [0.717, 1.165) is 80.4 Å². The molecule has 1 aromatic carbocycles. The van der Waals surface area contributed by atoms with Crippen LogP contribution in [0, 0.1) is 0 Å². The van der Waals surface area contributed by atoms with E-state index in [4.69, 9.17) is 4.98 Å². The van der Waals surface area contributed by atoms with Crippen LogP contribution in [0.2, 0.25) is 0 Å². The van der Waals surface area contributed by atoms with Gasteiger partial charge in [0, 0.05) is 56.7 Å². The first-order valence-electron chi connectivity index (χ1n) is 10.7. The van der Waals surface area contributed by atoms with Gasteiger partial charge in [-0.1, -0.05) is 0 Å². The molecule has 4 heterocycles. The maximum Gasteiger partial charge on any atom is 0.247 e. The average Bonchev–Trinajstić information content (AvgIpc) is 3.25. The number of pyridine rings is 1. The van der Waals surface area contributed by atoms with E-state index in [0.29, 0.717) is 0 Å². The third-order valence-corrected chi connectivity index (χ3v) is 6.43. The van der Waals surface area contributed by atoms with Crippen molar-refractivity contribution in [2.24, 2.45) is 0 Å². The Morgan fingerprint density at radius 3 is 2.63 bits per heavy atom. The number of amides is 1. The van der Waals surface area contributed by atoms with Gasteiger partial charge in [-0.25, -0.2) is 4.98 Å². The minimum absolute atomic E-state index is 0.0477. The van der Waals surface area contributed by atoms with Crippen LogP contribution in [-0.2, 0) is 11.3 Å². The molecule has 0 spiro atoms. The molecule has 30 heavy (non-hydrogen) atoms. The van der Waals surface area contributed by atoms with Crippen LogP contribution in [0.1, 0.15) is 35.7 Å². The Morgan fingerprint density at radius 2 is 1.90 bits per heavy atom. The number of nitrogens with zero attached hydrogens (tertiary/aromatic N) is 4. The highest BCUT2D eigenvalue weighted by atomic mass is 16.2. The normalized spacial score (nSPS) is 21.2. The molecule has 1 atom stereocenters. The smallest absolute Gasteiger partial charge is 0.247 e. The second kappa shape index (κ2) is 7.72. The summed E-state index contributed by atoms with van der Waals surface area (Å²) in [4.78, 5) is 35.4. The van der Waals surface area contributed by atoms with Gasteiger partial charge < -0.3 is 15.1 Å². The van der Waals surface area contributed by atoms with Crippen LogP contribution >= 0.6 is 0 Å². The van der Waals surface area contributed by atoms with Gasteiger partial charge >= 0.3 is 0 Å². The molecule has 156 valence electrons. The zero-order chi connectivity index (χ0) is 20.7. The summed E-state index contributed by atoms with van der Waals surface area (Å²) < 4.78 is 0. The number of nitrogens with one attached hydrogen (secondary N) is 1. The summed E-state index contributed by atoms with van der Waals surface area (Å²) in [6, 6.07) is 9.92. The molecule has 2 saturated heterocycles. The van der Waals surface area contributed by atoms with Crippen LogP contribution in [0.15, 0.2) is 36.5 Å². The first kappa shape index (κ1) is 19.1. The Balaban J connectivity index is 1.21. The number of benzene rings is 1. The van der Waals surface area contributed by atoms with Crippen molar-refractivity contribution >= 4 is 28.9 Å². The first-order valence-corrected chi connectivity index (χ1v) is 10.7. The molecule has 2 aromatic rings. The van der Waals surface area contributed by atoms with E-state index in [2.05, 4.69) is 26.1 Å². The summed E-state index contributed by atoms with van der Waals surface area (Å²) in [5.41, 5.74) is 3.90. The average molecular weight is 406 g/mol. The summed E-state index contributed by atoms with van der Waals surface area (Å²) in [6.07, 6.45) is 3.91. The van der Waals surface area contributed by atoms with Crippen molar-refractivity contribution in [3.63, 3.8) is 0 Å². The topological polar surface area (TPSA) is 68.8 Å². The maximum atomic E-state index is 12.4. The number of carbonyl (C=O) groups excluding carboxylic acids is 2. The van der Waals surface area contributed by atoms with Gasteiger partial charge in [0.1, 0.15) is 6.04 Å². The van der Waals surface area contributed by atoms with Gasteiger partial charge in [0.05, 0.1) is 5.69 Å². The van der Waals surface area contributed by atoms with Crippen LogP contribution in [0.4, 0.5) is 17.2 Å². The predicted octanol–water partition coefficient (Wildman–Crippen LogP) is 2.53. The summed E-state index contributed by atoms with van der Waals surface area (Å²) in [6.45, 7) is 7.16. The minimum atomic E-state index is -0.0477. The van der Waals surface area contributed by atoms with Crippen LogP contribution in [0.25, 0.3) is 0 Å². The second-order valence-corrected chi connectivity index (χ2v) is 8.42. The van der Waals surface area contributed by atoms with Crippen molar-refractivity contribution in [2.75, 3.05) is 47.8 Å². The van der Waals surface area contributed by atoms with E-state index in [1.165, 1.54) is 0 Å². The number of piperazine rings is 1. The molecule has 7 nitrogen and oxygen atoms in total. The molecule has 2 fully saturated rings. The molecule has 3 aliphatic rings. The number of fused-ring (bicyclic) bond motifs is 3. The highest BCUT2D eigenvalue weighted by Crippen LogP contribution is 2.35. The van der Waals surface area contributed by atoms with E-state index in [1.54, 1.807) is 6.92 Å². The Bertz CT molecular complexity index is 966. The van der Waals surface area contributed by atoms with Gasteiger partial charge in [0.15, 0.2) is 11.6 Å². The third kappa shape index (κ3) is 3.54. The van der Waals surface area contributed by atoms with E-state index >= 15 is 0 Å². The monoisotopic (exact) mass is 405 g/mol. The molecule has 0 bridgehead atoms. The molecular weight excluding hydrogens is 378 g/mol. The number of Topliss-reactive ketones (excluding diaryl/α,β-unsaturated/α-hetero) is 1. The number of rotatable bonds is 4. The van der Waals surface area contributed by atoms with Crippen molar-refractivity contribution < 1.29 is 9.59 Å². The lowest BCUT2D eigenvalue weighted by Crippen LogP contribution is -2.46. The number of ketones is 1. The molecule has 0 saturated carbocycles. The van der Waals surface area contributed by atoms with Crippen LogP contribution in [0.5, 0.6) is 0 Å². The lowest BCUT2D eigenvalue weighted by molar-refractivity contribution is -0.117. The van der Waals surface area contributed by atoms with E-state index < -0.39 is 0 Å². The van der Waals surface area contributed by atoms with Gasteiger partial charge in [-0.2, -0.15) is 0 Å². The van der Waals surface area contributed by atoms with Gasteiger partial charge in [0.2, 0.25) is 5.91 Å². The Morgan fingerprint density at radius 1 is 1.13 bits per heavy atom. The molecule has 5 rings (SSSR count). The number of hydrogen-bond donors (Lipinski definition) is 1. The molecule has 3 aliphatic heterocycles. The molecule has 1 N–H and O–H groups in total. The van der Waals surface area contributed by atoms with Crippen molar-refractivity contribution in [3.05, 3.63) is 47.7 Å². The molecular formula is C23H27N5O2. The summed E-state index contributed by atoms with van der Waals surface area (Å²) in [5.74, 6) is 1.12. The minimum Gasteiger partial charge on any atom is -0.369 e. The van der Waals surface area contributed by atoms with Crippen molar-refractivity contribution in [1.29, 1.82) is 0 Å². The predicted molar refractivity (Wildman–Crippen MR) is 117 cm³/mol. The maximum absolute atomic E-state index is 12.4. The second-order valence-electron chi connectivity index (χ2n) is 8.42. The van der Waals surface area contributed by atoms with Crippen LogP contribution in [0.3, 0.4) is 0 Å². The standard InChI is InChI=1S/C23H27N5O2/c1-16(29)18-4-6-19(7-5-18)27-11-9-26(10-12-27)15-17-13-20-22(24-14-17)28-8-2-3-21(28)23(30)25-20/h4-7,13-14,21H,2-3,8-12,15H2,1H3,(H,25,30). The molecule has 1 aromatic heterocycles. The molecule has 7 heteroatoms. The Hall–Kier alpha value is -2.93. The fraction of sp³-hybridized carbons (Fsp3) is 0.435. The first-order chi connectivity index (χ1) is 14.6. The number of aromatic nitrogens is 1. The largest absolute Gasteiger partial charge is 0.369 e. The molecule has 1 amide bonds. The molecule has 1 unspecified atom stereocenters. The van der Waals surface area contributed by atoms with Crippen LogP contribution in [-0.4, -0.2) is 60.3 Å². The van der Waals surface area contributed by atoms with Crippen molar-refractivity contribution in [2.45, 2.75) is 32.4 Å². The van der Waals surface area contributed by atoms with E-state index in [-0.39, 0.29) is 17.7 Å². The highest BCUT2D eigenvalue weighted by Gasteiger charge is 2.37. The van der Waals surface area contributed by atoms with Gasteiger partial charge in [0.25, 0.3) is 0 Å². The summed E-state index contributed by atoms with van der Waals surface area (Å²) >= 11 is 0. The number of anilines is 3. The molecule has 0 aliphatic carbocycles. The fourth-order valence-corrected chi connectivity index (χ4v) is 4.75. The summed E-state index contributed by atoms with van der Waals surface area (Å²) in [5, 5.41) is 3.06. The zero-order valence-electron chi connectivity index (χ0n) is 17.3. The SMILES string of the molecule is CC(=O)c1ccc(N2CCN(Cc3cnc4c(c3)NC(=O)C3CCCN43)CC2)cc1. The van der Waals surface area contributed by atoms with Gasteiger partial charge in [-0.15, -0.1) is 0 Å².